The summed E-state index contributed by atoms with van der Waals surface area (Å²) in [6.07, 6.45) is 0. The van der Waals surface area contributed by atoms with Crippen LogP contribution in [0.2, 0.25) is 15.1 Å². The van der Waals surface area contributed by atoms with Gasteiger partial charge in [-0.3, -0.25) is 0 Å². The molecule has 4 nitrogen and oxygen atoms in total. The smallest absolute Gasteiger partial charge is 0.208 e. The van der Waals surface area contributed by atoms with Gasteiger partial charge in [-0.15, -0.1) is 0 Å². The summed E-state index contributed by atoms with van der Waals surface area (Å²) in [7, 11) is -4.03. The highest BCUT2D eigenvalue weighted by atomic mass is 35.5. The van der Waals surface area contributed by atoms with Crippen LogP contribution in [-0.4, -0.2) is 18.6 Å². The van der Waals surface area contributed by atoms with Crippen molar-refractivity contribution in [3.05, 3.63) is 45.4 Å². The number of rotatable bonds is 2. The molecule has 0 fully saturated rings. The summed E-state index contributed by atoms with van der Waals surface area (Å²) in [5.74, 6) is -1.11. The first kappa shape index (κ1) is 15.3. The van der Waals surface area contributed by atoms with E-state index in [9.17, 15) is 18.6 Å². The highest BCUT2D eigenvalue weighted by Crippen LogP contribution is 2.37. The van der Waals surface area contributed by atoms with Gasteiger partial charge in [-0.1, -0.05) is 34.8 Å². The Hall–Kier alpha value is -1.14. The van der Waals surface area contributed by atoms with Crippen molar-refractivity contribution < 1.29 is 18.6 Å². The van der Waals surface area contributed by atoms with Crippen molar-refractivity contribution in [2.45, 2.75) is 9.79 Å². The molecule has 0 atom stereocenters. The summed E-state index contributed by atoms with van der Waals surface area (Å²) >= 11 is 17.3. The summed E-state index contributed by atoms with van der Waals surface area (Å²) in [5, 5.41) is 18.8. The van der Waals surface area contributed by atoms with Gasteiger partial charge in [-0.2, -0.15) is 0 Å². The fraction of sp³-hybridized carbons (Fsp3) is 0. The molecule has 0 aliphatic carbocycles. The molecular weight excluding hydrogens is 347 g/mol. The molecule has 106 valence electrons. The second-order valence-electron chi connectivity index (χ2n) is 3.88. The van der Waals surface area contributed by atoms with Crippen LogP contribution in [0.4, 0.5) is 0 Å². The molecule has 2 rings (SSSR count). The lowest BCUT2D eigenvalue weighted by Crippen LogP contribution is -2.03. The van der Waals surface area contributed by atoms with Gasteiger partial charge in [0, 0.05) is 22.2 Å². The Kier molecular flexibility index (Phi) is 4.07. The summed E-state index contributed by atoms with van der Waals surface area (Å²) in [5.41, 5.74) is 0. The second kappa shape index (κ2) is 5.33. The minimum atomic E-state index is -4.03. The van der Waals surface area contributed by atoms with E-state index in [1.54, 1.807) is 0 Å². The number of halogens is 3. The highest BCUT2D eigenvalue weighted by Gasteiger charge is 2.23. The lowest BCUT2D eigenvalue weighted by atomic mass is 10.3. The van der Waals surface area contributed by atoms with Crippen molar-refractivity contribution in [3.8, 4) is 11.5 Å². The van der Waals surface area contributed by atoms with Crippen molar-refractivity contribution >= 4 is 44.6 Å². The summed E-state index contributed by atoms with van der Waals surface area (Å²) in [6, 6.07) is 5.61. The van der Waals surface area contributed by atoms with Crippen molar-refractivity contribution in [3.63, 3.8) is 0 Å². The molecule has 0 aliphatic heterocycles. The van der Waals surface area contributed by atoms with Crippen molar-refractivity contribution in [1.82, 2.24) is 0 Å². The van der Waals surface area contributed by atoms with Gasteiger partial charge < -0.3 is 10.2 Å². The van der Waals surface area contributed by atoms with Crippen LogP contribution in [0.3, 0.4) is 0 Å². The van der Waals surface area contributed by atoms with E-state index in [0.29, 0.717) is 0 Å². The Balaban J connectivity index is 2.70. The zero-order valence-electron chi connectivity index (χ0n) is 9.64. The summed E-state index contributed by atoms with van der Waals surface area (Å²) < 4.78 is 24.9. The van der Waals surface area contributed by atoms with E-state index in [0.717, 1.165) is 12.1 Å². The maximum Gasteiger partial charge on any atom is 0.208 e. The van der Waals surface area contributed by atoms with Gasteiger partial charge in [0.15, 0.2) is 11.5 Å². The summed E-state index contributed by atoms with van der Waals surface area (Å²) in [4.78, 5) is -0.519. The largest absolute Gasteiger partial charge is 0.504 e. The molecule has 8 heteroatoms. The molecule has 0 aliphatic rings. The van der Waals surface area contributed by atoms with E-state index >= 15 is 0 Å². The first-order chi connectivity index (χ1) is 9.21. The molecule has 2 N–H and O–H groups in total. The van der Waals surface area contributed by atoms with Gasteiger partial charge in [0.1, 0.15) is 0 Å². The predicted octanol–water partition coefficient (Wildman–Crippen LogP) is 3.89. The minimum Gasteiger partial charge on any atom is -0.504 e. The zero-order valence-corrected chi connectivity index (χ0v) is 12.7. The zero-order chi connectivity index (χ0) is 15.1. The topological polar surface area (TPSA) is 74.6 Å². The van der Waals surface area contributed by atoms with E-state index in [2.05, 4.69) is 0 Å². The first-order valence-electron chi connectivity index (χ1n) is 5.14. The van der Waals surface area contributed by atoms with E-state index in [1.165, 1.54) is 18.2 Å². The van der Waals surface area contributed by atoms with E-state index in [1.807, 2.05) is 0 Å². The first-order valence-corrected chi connectivity index (χ1v) is 7.76. The van der Waals surface area contributed by atoms with Crippen molar-refractivity contribution in [2.75, 3.05) is 0 Å². The maximum absolute atomic E-state index is 12.4. The Morgan fingerprint density at radius 2 is 1.30 bits per heavy atom. The van der Waals surface area contributed by atoms with E-state index < -0.39 is 21.3 Å². The molecule has 0 aromatic heterocycles. The minimum absolute atomic E-state index is 0.148. The molecular formula is C12H7Cl3O4S. The van der Waals surface area contributed by atoms with Gasteiger partial charge in [0.05, 0.1) is 14.8 Å². The molecule has 0 spiro atoms. The SMILES string of the molecule is O=S(=O)(c1cc(Cl)cc(Cl)c1)c1cc(O)c(O)cc1Cl. The number of phenols is 2. The molecule has 20 heavy (non-hydrogen) atoms. The predicted molar refractivity (Wildman–Crippen MR) is 76.7 cm³/mol. The lowest BCUT2D eigenvalue weighted by Gasteiger charge is -2.09. The van der Waals surface area contributed by atoms with Crippen LogP contribution in [0.15, 0.2) is 40.1 Å². The van der Waals surface area contributed by atoms with E-state index in [-0.39, 0.29) is 24.9 Å². The Labute approximate surface area is 130 Å². The van der Waals surface area contributed by atoms with Crippen LogP contribution in [0.5, 0.6) is 11.5 Å². The Bertz CT molecular complexity index is 767. The number of hydrogen-bond donors (Lipinski definition) is 2. The molecule has 0 bridgehead atoms. The van der Waals surface area contributed by atoms with Crippen molar-refractivity contribution in [1.29, 1.82) is 0 Å². The van der Waals surface area contributed by atoms with E-state index in [4.69, 9.17) is 34.8 Å². The van der Waals surface area contributed by atoms with Crippen LogP contribution in [0.1, 0.15) is 0 Å². The van der Waals surface area contributed by atoms with Crippen LogP contribution in [0, 0.1) is 0 Å². The standard InChI is InChI=1S/C12H7Cl3O4S/c13-6-1-7(14)3-8(2-6)20(18,19)12-5-11(17)10(16)4-9(12)15/h1-5,16-17H. The summed E-state index contributed by atoms with van der Waals surface area (Å²) in [6.45, 7) is 0. The van der Waals surface area contributed by atoms with Gasteiger partial charge >= 0.3 is 0 Å². The third kappa shape index (κ3) is 2.81. The monoisotopic (exact) mass is 352 g/mol. The third-order valence-corrected chi connectivity index (χ3v) is 5.10. The molecule has 0 heterocycles. The Morgan fingerprint density at radius 1 is 0.800 bits per heavy atom. The molecule has 2 aromatic rings. The average Bonchev–Trinajstić information content (AvgIpc) is 2.32. The lowest BCUT2D eigenvalue weighted by molar-refractivity contribution is 0.402. The number of benzene rings is 2. The normalized spacial score (nSPS) is 11.6. The fourth-order valence-electron chi connectivity index (χ4n) is 1.55. The van der Waals surface area contributed by atoms with Crippen LogP contribution >= 0.6 is 34.8 Å². The third-order valence-electron chi connectivity index (χ3n) is 2.46. The molecule has 0 radical (unpaired) electrons. The molecule has 0 amide bonds. The van der Waals surface area contributed by atoms with Crippen molar-refractivity contribution in [2.24, 2.45) is 0 Å². The van der Waals surface area contributed by atoms with Gasteiger partial charge in [-0.05, 0) is 18.2 Å². The number of hydrogen-bond acceptors (Lipinski definition) is 4. The van der Waals surface area contributed by atoms with Gasteiger partial charge in [0.25, 0.3) is 0 Å². The quantitative estimate of drug-likeness (QED) is 0.803. The maximum atomic E-state index is 12.4. The highest BCUT2D eigenvalue weighted by molar-refractivity contribution is 7.91. The molecule has 0 saturated carbocycles. The number of sulfone groups is 1. The van der Waals surface area contributed by atoms with Crippen LogP contribution < -0.4 is 0 Å². The second-order valence-corrected chi connectivity index (χ2v) is 7.08. The fourth-order valence-corrected chi connectivity index (χ4v) is 4.07. The Morgan fingerprint density at radius 3 is 1.85 bits per heavy atom. The van der Waals surface area contributed by atoms with Gasteiger partial charge in [-0.25, -0.2) is 8.42 Å². The number of aromatic hydroxyl groups is 2. The van der Waals surface area contributed by atoms with Crippen LogP contribution in [-0.2, 0) is 9.84 Å². The molecule has 0 unspecified atom stereocenters. The van der Waals surface area contributed by atoms with Crippen LogP contribution in [0.25, 0.3) is 0 Å². The molecule has 2 aromatic carbocycles. The molecule has 0 saturated heterocycles. The van der Waals surface area contributed by atoms with Gasteiger partial charge in [0.2, 0.25) is 9.84 Å². The number of phenolic OH excluding ortho intramolecular Hbond substituents is 2. The average molecular weight is 354 g/mol.